The summed E-state index contributed by atoms with van der Waals surface area (Å²) in [6.45, 7) is 6.58. The van der Waals surface area contributed by atoms with E-state index in [-0.39, 0.29) is 6.10 Å². The number of aromatic nitrogens is 5. The molecule has 0 aromatic carbocycles. The minimum Gasteiger partial charge on any atom is -0.393 e. The zero-order valence-electron chi connectivity index (χ0n) is 16.3. The average Bonchev–Trinajstić information content (AvgIpc) is 3.04. The molecule has 2 aliphatic heterocycles. The maximum Gasteiger partial charge on any atom is 0.150 e. The number of piperidine rings is 2. The van der Waals surface area contributed by atoms with Crippen molar-refractivity contribution in [2.45, 2.75) is 51.2 Å². The molecule has 2 aromatic rings. The van der Waals surface area contributed by atoms with Crippen molar-refractivity contribution >= 4 is 5.82 Å². The zero-order chi connectivity index (χ0) is 18.8. The highest BCUT2D eigenvalue weighted by Crippen LogP contribution is 2.29. The molecule has 1 atom stereocenters. The fraction of sp³-hybridized carbons (Fsp3) is 0.684. The molecule has 8 heteroatoms. The van der Waals surface area contributed by atoms with Gasteiger partial charge in [-0.2, -0.15) is 0 Å². The number of rotatable bonds is 4. The summed E-state index contributed by atoms with van der Waals surface area (Å²) in [5.74, 6) is 3.41. The molecule has 0 amide bonds. The lowest BCUT2D eigenvalue weighted by Crippen LogP contribution is -2.37. The van der Waals surface area contributed by atoms with Crippen molar-refractivity contribution in [3.05, 3.63) is 29.7 Å². The van der Waals surface area contributed by atoms with E-state index in [2.05, 4.69) is 41.6 Å². The number of nitrogens with zero attached hydrogens (tertiary/aromatic N) is 7. The number of likely N-dealkylation sites (tertiary alicyclic amines) is 1. The molecule has 0 bridgehead atoms. The van der Waals surface area contributed by atoms with Crippen molar-refractivity contribution in [3.63, 3.8) is 0 Å². The van der Waals surface area contributed by atoms with Gasteiger partial charge in [-0.15, -0.1) is 10.2 Å². The van der Waals surface area contributed by atoms with Gasteiger partial charge in [-0.3, -0.25) is 9.88 Å². The first-order valence-electron chi connectivity index (χ1n) is 9.93. The summed E-state index contributed by atoms with van der Waals surface area (Å²) in [7, 11) is 2.08. The minimum absolute atomic E-state index is 0.144. The molecule has 2 saturated heterocycles. The summed E-state index contributed by atoms with van der Waals surface area (Å²) in [5, 5.41) is 18.7. The number of aliphatic hydroxyl groups is 1. The zero-order valence-corrected chi connectivity index (χ0v) is 16.3. The second-order valence-corrected chi connectivity index (χ2v) is 7.79. The van der Waals surface area contributed by atoms with Crippen LogP contribution in [-0.4, -0.2) is 67.0 Å². The summed E-state index contributed by atoms with van der Waals surface area (Å²) in [6, 6.07) is 0. The number of aliphatic hydroxyl groups excluding tert-OH is 1. The predicted molar refractivity (Wildman–Crippen MR) is 102 cm³/mol. The van der Waals surface area contributed by atoms with Crippen LogP contribution in [0.5, 0.6) is 0 Å². The van der Waals surface area contributed by atoms with Crippen LogP contribution >= 0.6 is 0 Å². The van der Waals surface area contributed by atoms with Gasteiger partial charge in [0.15, 0.2) is 0 Å². The van der Waals surface area contributed by atoms with Crippen molar-refractivity contribution in [3.8, 4) is 0 Å². The van der Waals surface area contributed by atoms with Crippen LogP contribution in [0.2, 0.25) is 0 Å². The molecule has 0 radical (unpaired) electrons. The molecular formula is C19H29N7O. The normalized spacial score (nSPS) is 22.3. The van der Waals surface area contributed by atoms with Gasteiger partial charge in [0.1, 0.15) is 17.5 Å². The Bertz CT molecular complexity index is 769. The average molecular weight is 371 g/mol. The van der Waals surface area contributed by atoms with Crippen LogP contribution in [0, 0.1) is 6.92 Å². The maximum atomic E-state index is 9.69. The van der Waals surface area contributed by atoms with E-state index in [4.69, 9.17) is 0 Å². The monoisotopic (exact) mass is 371 g/mol. The lowest BCUT2D eigenvalue weighted by atomic mass is 9.97. The molecule has 1 unspecified atom stereocenters. The van der Waals surface area contributed by atoms with Crippen molar-refractivity contribution in [1.29, 1.82) is 0 Å². The van der Waals surface area contributed by atoms with Crippen LogP contribution in [0.4, 0.5) is 5.82 Å². The molecule has 2 fully saturated rings. The quantitative estimate of drug-likeness (QED) is 0.866. The minimum atomic E-state index is -0.144. The van der Waals surface area contributed by atoms with Gasteiger partial charge in [0.2, 0.25) is 0 Å². The van der Waals surface area contributed by atoms with E-state index >= 15 is 0 Å². The lowest BCUT2D eigenvalue weighted by Gasteiger charge is -2.33. The Hall–Kier alpha value is -2.06. The Morgan fingerprint density at radius 3 is 2.63 bits per heavy atom. The van der Waals surface area contributed by atoms with Crippen LogP contribution in [0.15, 0.2) is 12.4 Å². The van der Waals surface area contributed by atoms with Crippen molar-refractivity contribution in [1.82, 2.24) is 29.6 Å². The Morgan fingerprint density at radius 1 is 1.07 bits per heavy atom. The third-order valence-corrected chi connectivity index (χ3v) is 5.86. The molecule has 1 N–H and O–H groups in total. The van der Waals surface area contributed by atoms with Crippen molar-refractivity contribution in [2.24, 2.45) is 7.05 Å². The lowest BCUT2D eigenvalue weighted by molar-refractivity contribution is 0.0775. The Balaban J connectivity index is 1.45. The summed E-state index contributed by atoms with van der Waals surface area (Å²) in [6.07, 6.45) is 7.30. The number of hydrogen-bond donors (Lipinski definition) is 1. The predicted octanol–water partition coefficient (Wildman–Crippen LogP) is 1.25. The summed E-state index contributed by atoms with van der Waals surface area (Å²) >= 11 is 0. The molecular weight excluding hydrogens is 342 g/mol. The van der Waals surface area contributed by atoms with E-state index in [1.165, 1.54) is 0 Å². The summed E-state index contributed by atoms with van der Waals surface area (Å²) in [5.41, 5.74) is 0.976. The molecule has 8 nitrogen and oxygen atoms in total. The highest BCUT2D eigenvalue weighted by Gasteiger charge is 2.28. The van der Waals surface area contributed by atoms with Crippen LogP contribution in [-0.2, 0) is 13.6 Å². The molecule has 27 heavy (non-hydrogen) atoms. The van der Waals surface area contributed by atoms with E-state index in [1.54, 1.807) is 12.4 Å². The Kier molecular flexibility index (Phi) is 5.36. The van der Waals surface area contributed by atoms with Crippen LogP contribution < -0.4 is 4.90 Å². The molecule has 146 valence electrons. The van der Waals surface area contributed by atoms with Crippen LogP contribution in [0.25, 0.3) is 0 Å². The molecule has 0 spiro atoms. The molecule has 4 rings (SSSR count). The first kappa shape index (κ1) is 18.3. The van der Waals surface area contributed by atoms with Gasteiger partial charge in [-0.05, 0) is 32.6 Å². The second kappa shape index (κ2) is 7.90. The second-order valence-electron chi connectivity index (χ2n) is 7.79. The summed E-state index contributed by atoms with van der Waals surface area (Å²) < 4.78 is 2.17. The van der Waals surface area contributed by atoms with Gasteiger partial charge in [0, 0.05) is 51.5 Å². The molecule has 0 saturated carbocycles. The number of aryl methyl sites for hydroxylation is 1. The number of anilines is 1. The van der Waals surface area contributed by atoms with E-state index in [0.29, 0.717) is 5.92 Å². The highest BCUT2D eigenvalue weighted by atomic mass is 16.3. The first-order chi connectivity index (χ1) is 13.1. The van der Waals surface area contributed by atoms with Crippen molar-refractivity contribution in [2.75, 3.05) is 31.1 Å². The molecule has 2 aliphatic rings. The van der Waals surface area contributed by atoms with Gasteiger partial charge in [-0.1, -0.05) is 0 Å². The SMILES string of the molecule is Cc1nccnc1N1CCCC(c2nnc(CN3CCC(O)CC3)n2C)C1. The van der Waals surface area contributed by atoms with Crippen LogP contribution in [0.1, 0.15) is 48.9 Å². The molecule has 4 heterocycles. The van der Waals surface area contributed by atoms with Gasteiger partial charge in [0.05, 0.1) is 18.3 Å². The van der Waals surface area contributed by atoms with Gasteiger partial charge in [-0.25, -0.2) is 4.98 Å². The molecule has 0 aliphatic carbocycles. The Morgan fingerprint density at radius 2 is 1.85 bits per heavy atom. The van der Waals surface area contributed by atoms with E-state index in [0.717, 1.165) is 81.6 Å². The van der Waals surface area contributed by atoms with E-state index in [9.17, 15) is 5.11 Å². The topological polar surface area (TPSA) is 83.2 Å². The van der Waals surface area contributed by atoms with E-state index in [1.807, 2.05) is 6.92 Å². The largest absolute Gasteiger partial charge is 0.393 e. The maximum absolute atomic E-state index is 9.69. The highest BCUT2D eigenvalue weighted by molar-refractivity contribution is 5.43. The number of hydrogen-bond acceptors (Lipinski definition) is 7. The Labute approximate surface area is 160 Å². The van der Waals surface area contributed by atoms with E-state index < -0.39 is 0 Å². The van der Waals surface area contributed by atoms with Gasteiger partial charge >= 0.3 is 0 Å². The standard InChI is InChI=1S/C19H29N7O/c1-14-18(21-8-7-20-14)26-9-3-4-15(12-26)19-23-22-17(24(19)2)13-25-10-5-16(27)6-11-25/h7-8,15-16,27H,3-6,9-13H2,1-2H3. The smallest absolute Gasteiger partial charge is 0.150 e. The van der Waals surface area contributed by atoms with Gasteiger partial charge < -0.3 is 14.6 Å². The summed E-state index contributed by atoms with van der Waals surface area (Å²) in [4.78, 5) is 13.6. The fourth-order valence-corrected chi connectivity index (χ4v) is 4.24. The third kappa shape index (κ3) is 3.96. The first-order valence-corrected chi connectivity index (χ1v) is 9.93. The van der Waals surface area contributed by atoms with Crippen molar-refractivity contribution < 1.29 is 5.11 Å². The fourth-order valence-electron chi connectivity index (χ4n) is 4.24. The molecule has 2 aromatic heterocycles. The third-order valence-electron chi connectivity index (χ3n) is 5.86. The van der Waals surface area contributed by atoms with Gasteiger partial charge in [0.25, 0.3) is 0 Å². The van der Waals surface area contributed by atoms with Crippen LogP contribution in [0.3, 0.4) is 0 Å².